The molecule has 2 amide bonds. The minimum atomic E-state index is -0.778. The Morgan fingerprint density at radius 3 is 2.68 bits per heavy atom. The van der Waals surface area contributed by atoms with Crippen molar-refractivity contribution in [3.05, 3.63) is 84.6 Å². The van der Waals surface area contributed by atoms with Crippen molar-refractivity contribution in [1.82, 2.24) is 19.9 Å². The van der Waals surface area contributed by atoms with Gasteiger partial charge < -0.3 is 25.5 Å². The highest BCUT2D eigenvalue weighted by atomic mass is 17.1. The number of amides is 2. The molecular weight excluding hydrogens is 434 g/mol. The number of aromatic amines is 1. The van der Waals surface area contributed by atoms with Crippen LogP contribution in [0.3, 0.4) is 0 Å². The second kappa shape index (κ2) is 10.5. The summed E-state index contributed by atoms with van der Waals surface area (Å²) < 4.78 is 2.01. The third kappa shape index (κ3) is 5.16. The minimum absolute atomic E-state index is 0.379. The predicted molar refractivity (Wildman–Crippen MR) is 128 cm³/mol. The maximum absolute atomic E-state index is 13.0. The molecule has 34 heavy (non-hydrogen) atoms. The summed E-state index contributed by atoms with van der Waals surface area (Å²) in [5, 5.41) is 12.3. The summed E-state index contributed by atoms with van der Waals surface area (Å²) >= 11 is 0. The molecule has 4 rings (SSSR count). The molecule has 9 heteroatoms. The van der Waals surface area contributed by atoms with Crippen LogP contribution in [0.5, 0.6) is 0 Å². The number of nitrogens with one attached hydrogen (secondary N) is 2. The van der Waals surface area contributed by atoms with E-state index in [0.29, 0.717) is 18.4 Å². The molecule has 0 saturated heterocycles. The second-order valence-electron chi connectivity index (χ2n) is 7.81. The lowest BCUT2D eigenvalue weighted by atomic mass is 10.0. The van der Waals surface area contributed by atoms with E-state index >= 15 is 0 Å². The minimum Gasteiger partial charge on any atom is -0.368 e. The SMILES string of the molecule is NC(=O)[C@H](CCCn1cccc1)NC(=O)c1ccc2[nH]c(-c3ccncc3)c(C=COO)c2c1. The van der Waals surface area contributed by atoms with Crippen molar-refractivity contribution in [2.24, 2.45) is 5.73 Å². The summed E-state index contributed by atoms with van der Waals surface area (Å²) in [6, 6.07) is 12.0. The fourth-order valence-electron chi connectivity index (χ4n) is 3.90. The Hall–Kier alpha value is -4.37. The molecule has 1 aromatic carbocycles. The zero-order valence-electron chi connectivity index (χ0n) is 18.3. The number of hydrogen-bond donors (Lipinski definition) is 4. The van der Waals surface area contributed by atoms with Crippen LogP contribution in [0.2, 0.25) is 0 Å². The monoisotopic (exact) mass is 459 g/mol. The number of nitrogens with zero attached hydrogens (tertiary/aromatic N) is 2. The van der Waals surface area contributed by atoms with Crippen molar-refractivity contribution in [2.75, 3.05) is 0 Å². The summed E-state index contributed by atoms with van der Waals surface area (Å²) in [6.07, 6.45) is 11.1. The van der Waals surface area contributed by atoms with Crippen LogP contribution in [0.4, 0.5) is 0 Å². The van der Waals surface area contributed by atoms with Crippen molar-refractivity contribution in [3.63, 3.8) is 0 Å². The number of pyridine rings is 1. The number of H-pyrrole nitrogens is 1. The molecule has 4 aromatic rings. The second-order valence-corrected chi connectivity index (χ2v) is 7.81. The van der Waals surface area contributed by atoms with E-state index in [0.717, 1.165) is 40.5 Å². The van der Waals surface area contributed by atoms with Crippen molar-refractivity contribution >= 4 is 28.8 Å². The summed E-state index contributed by atoms with van der Waals surface area (Å²) in [7, 11) is 0. The van der Waals surface area contributed by atoms with Gasteiger partial charge in [0.1, 0.15) is 12.3 Å². The maximum Gasteiger partial charge on any atom is 0.251 e. The molecule has 0 aliphatic heterocycles. The normalized spacial score (nSPS) is 12.1. The van der Waals surface area contributed by atoms with Gasteiger partial charge in [0.05, 0.1) is 5.69 Å². The maximum atomic E-state index is 13.0. The molecule has 174 valence electrons. The van der Waals surface area contributed by atoms with E-state index in [4.69, 9.17) is 11.0 Å². The molecule has 0 aliphatic carbocycles. The van der Waals surface area contributed by atoms with Gasteiger partial charge in [-0.25, -0.2) is 5.26 Å². The highest BCUT2D eigenvalue weighted by Gasteiger charge is 2.20. The Kier molecular flexibility index (Phi) is 7.04. The summed E-state index contributed by atoms with van der Waals surface area (Å²) in [6.45, 7) is 0.725. The van der Waals surface area contributed by atoms with Crippen LogP contribution in [0, 0.1) is 0 Å². The zero-order chi connectivity index (χ0) is 23.9. The van der Waals surface area contributed by atoms with Gasteiger partial charge in [0.25, 0.3) is 5.91 Å². The van der Waals surface area contributed by atoms with Crippen molar-refractivity contribution in [1.29, 1.82) is 0 Å². The van der Waals surface area contributed by atoms with Gasteiger partial charge >= 0.3 is 0 Å². The first-order valence-electron chi connectivity index (χ1n) is 10.8. The number of aryl methyl sites for hydroxylation is 1. The molecule has 0 radical (unpaired) electrons. The van der Waals surface area contributed by atoms with Crippen LogP contribution in [0.25, 0.3) is 28.2 Å². The van der Waals surface area contributed by atoms with Gasteiger partial charge in [0.15, 0.2) is 0 Å². The lowest BCUT2D eigenvalue weighted by Crippen LogP contribution is -2.44. The molecule has 1 atom stereocenters. The lowest BCUT2D eigenvalue weighted by molar-refractivity contribution is -0.185. The average Bonchev–Trinajstić information content (AvgIpc) is 3.50. The summed E-state index contributed by atoms with van der Waals surface area (Å²) in [4.78, 5) is 36.4. The van der Waals surface area contributed by atoms with Crippen LogP contribution in [0.15, 0.2) is 73.5 Å². The standard InChI is InChI=1S/C25H25N5O4/c26-24(31)22(4-3-14-30-12-1-2-13-30)29-25(32)18-5-6-21-20(16-18)19(9-15-34-33)23(28-21)17-7-10-27-11-8-17/h1-2,5-13,15-16,22,28,33H,3-4,14H2,(H2,26,31)(H,29,32)/t22-/m0/s1. The Morgan fingerprint density at radius 1 is 1.21 bits per heavy atom. The van der Waals surface area contributed by atoms with Crippen LogP contribution in [-0.2, 0) is 16.2 Å². The fourth-order valence-corrected chi connectivity index (χ4v) is 3.90. The van der Waals surface area contributed by atoms with Gasteiger partial charge in [-0.2, -0.15) is 0 Å². The van der Waals surface area contributed by atoms with Crippen molar-refractivity contribution in [3.8, 4) is 11.3 Å². The lowest BCUT2D eigenvalue weighted by Gasteiger charge is -2.16. The Morgan fingerprint density at radius 2 is 1.97 bits per heavy atom. The van der Waals surface area contributed by atoms with Gasteiger partial charge in [0.2, 0.25) is 5.91 Å². The van der Waals surface area contributed by atoms with E-state index in [1.165, 1.54) is 0 Å². The molecule has 0 fully saturated rings. The molecule has 5 N–H and O–H groups in total. The number of carbonyl (C=O) groups is 2. The Balaban J connectivity index is 1.57. The Bertz CT molecular complexity index is 1300. The largest absolute Gasteiger partial charge is 0.368 e. The van der Waals surface area contributed by atoms with Crippen LogP contribution < -0.4 is 11.1 Å². The number of primary amides is 1. The van der Waals surface area contributed by atoms with Crippen LogP contribution in [-0.4, -0.2) is 37.6 Å². The molecule has 0 aliphatic rings. The number of aromatic nitrogens is 3. The smallest absolute Gasteiger partial charge is 0.251 e. The van der Waals surface area contributed by atoms with E-state index < -0.39 is 17.9 Å². The van der Waals surface area contributed by atoms with Crippen molar-refractivity contribution < 1.29 is 19.7 Å². The molecule has 0 unspecified atom stereocenters. The van der Waals surface area contributed by atoms with Gasteiger partial charge in [0, 0.05) is 58.9 Å². The molecule has 3 aromatic heterocycles. The van der Waals surface area contributed by atoms with Gasteiger partial charge in [-0.3, -0.25) is 14.6 Å². The van der Waals surface area contributed by atoms with E-state index in [1.807, 2.05) is 41.2 Å². The van der Waals surface area contributed by atoms with Gasteiger partial charge in [-0.15, -0.1) is 0 Å². The highest BCUT2D eigenvalue weighted by Crippen LogP contribution is 2.32. The number of rotatable bonds is 10. The quantitative estimate of drug-likeness (QED) is 0.163. The van der Waals surface area contributed by atoms with Crippen molar-refractivity contribution in [2.45, 2.75) is 25.4 Å². The van der Waals surface area contributed by atoms with E-state index in [-0.39, 0.29) is 0 Å². The molecule has 9 nitrogen and oxygen atoms in total. The van der Waals surface area contributed by atoms with Gasteiger partial charge in [-0.05, 0) is 61.4 Å². The first-order chi connectivity index (χ1) is 16.6. The molecular formula is C25H25N5O4. The highest BCUT2D eigenvalue weighted by molar-refractivity contribution is 6.03. The molecule has 3 heterocycles. The van der Waals surface area contributed by atoms with E-state index in [2.05, 4.69) is 20.2 Å². The van der Waals surface area contributed by atoms with Gasteiger partial charge in [-0.1, -0.05) is 0 Å². The molecule has 0 bridgehead atoms. The third-order valence-electron chi connectivity index (χ3n) is 5.59. The zero-order valence-corrected chi connectivity index (χ0v) is 18.3. The first-order valence-corrected chi connectivity index (χ1v) is 10.8. The molecule has 0 spiro atoms. The topological polar surface area (TPSA) is 135 Å². The number of fused-ring (bicyclic) bond motifs is 1. The summed E-state index contributed by atoms with van der Waals surface area (Å²) in [5.74, 6) is -0.973. The predicted octanol–water partition coefficient (Wildman–Crippen LogP) is 3.56. The summed E-state index contributed by atoms with van der Waals surface area (Å²) in [5.41, 5.74) is 9.10. The van der Waals surface area contributed by atoms with Crippen LogP contribution >= 0.6 is 0 Å². The number of benzene rings is 1. The third-order valence-corrected chi connectivity index (χ3v) is 5.59. The van der Waals surface area contributed by atoms with E-state index in [9.17, 15) is 9.59 Å². The Labute approximate surface area is 195 Å². The van der Waals surface area contributed by atoms with E-state index in [1.54, 1.807) is 36.7 Å². The first kappa shape index (κ1) is 22.8. The number of carbonyl (C=O) groups excluding carboxylic acids is 2. The number of nitrogens with two attached hydrogens (primary N) is 1. The van der Waals surface area contributed by atoms with Crippen LogP contribution in [0.1, 0.15) is 28.8 Å². The fraction of sp³-hybridized carbons (Fsp3) is 0.160. The average molecular weight is 460 g/mol. The molecule has 0 saturated carbocycles. The number of hydrogen-bond acceptors (Lipinski definition) is 5.